The van der Waals surface area contributed by atoms with E-state index in [1.54, 1.807) is 12.1 Å². The zero-order chi connectivity index (χ0) is 10.8. The number of hydrogen-bond acceptors (Lipinski definition) is 3. The molecule has 1 aliphatic rings. The number of carbonyl (C=O) groups excluding carboxylic acids is 1. The van der Waals surface area contributed by atoms with Gasteiger partial charge in [0.05, 0.1) is 6.10 Å². The topological polar surface area (TPSA) is 62.5 Å². The summed E-state index contributed by atoms with van der Waals surface area (Å²) in [4.78, 5) is 11.5. The van der Waals surface area contributed by atoms with E-state index in [0.717, 1.165) is 12.8 Å². The third-order valence-electron chi connectivity index (χ3n) is 2.56. The Morgan fingerprint density at radius 2 is 2.33 bits per heavy atom. The minimum absolute atomic E-state index is 0.176. The smallest absolute Gasteiger partial charge is 0.287 e. The largest absolute Gasteiger partial charge is 0.444 e. The lowest BCUT2D eigenvalue weighted by Crippen LogP contribution is -2.38. The van der Waals surface area contributed by atoms with Crippen LogP contribution in [0.5, 0.6) is 0 Å². The van der Waals surface area contributed by atoms with Crippen LogP contribution < -0.4 is 5.32 Å². The standard InChI is InChI=1S/C10H12BrNO3/c11-9-2-1-8(15-9)10(14)12-5-6-3-7(13)4-6/h1-2,6-7,13H,3-5H2,(H,12,14). The van der Waals surface area contributed by atoms with Crippen LogP contribution in [0.15, 0.2) is 21.2 Å². The van der Waals surface area contributed by atoms with Gasteiger partial charge < -0.3 is 14.8 Å². The summed E-state index contributed by atoms with van der Waals surface area (Å²) in [5, 5.41) is 11.8. The molecule has 1 amide bonds. The molecule has 15 heavy (non-hydrogen) atoms. The van der Waals surface area contributed by atoms with Crippen LogP contribution in [0, 0.1) is 5.92 Å². The van der Waals surface area contributed by atoms with Gasteiger partial charge in [0.25, 0.3) is 5.91 Å². The van der Waals surface area contributed by atoms with E-state index in [1.165, 1.54) is 0 Å². The number of halogens is 1. The summed E-state index contributed by atoms with van der Waals surface area (Å²) < 4.78 is 5.65. The molecular weight excluding hydrogens is 262 g/mol. The predicted molar refractivity (Wildman–Crippen MR) is 57.5 cm³/mol. The van der Waals surface area contributed by atoms with E-state index in [1.807, 2.05) is 0 Å². The van der Waals surface area contributed by atoms with Gasteiger partial charge in [-0.2, -0.15) is 0 Å². The average Bonchev–Trinajstić information content (AvgIpc) is 2.57. The molecule has 4 nitrogen and oxygen atoms in total. The van der Waals surface area contributed by atoms with E-state index >= 15 is 0 Å². The van der Waals surface area contributed by atoms with Crippen molar-refractivity contribution in [2.45, 2.75) is 18.9 Å². The first-order valence-corrected chi connectivity index (χ1v) is 5.66. The lowest BCUT2D eigenvalue weighted by molar-refractivity contribution is 0.0417. The van der Waals surface area contributed by atoms with Crippen molar-refractivity contribution in [3.05, 3.63) is 22.6 Å². The molecule has 0 saturated heterocycles. The van der Waals surface area contributed by atoms with Gasteiger partial charge in [0, 0.05) is 6.54 Å². The number of nitrogens with one attached hydrogen (secondary N) is 1. The highest BCUT2D eigenvalue weighted by Gasteiger charge is 2.27. The Bertz CT molecular complexity index is 357. The monoisotopic (exact) mass is 273 g/mol. The van der Waals surface area contributed by atoms with Crippen LogP contribution in [-0.4, -0.2) is 23.7 Å². The number of amides is 1. The Morgan fingerprint density at radius 1 is 1.60 bits per heavy atom. The molecule has 0 bridgehead atoms. The van der Waals surface area contributed by atoms with Crippen molar-refractivity contribution < 1.29 is 14.3 Å². The molecule has 82 valence electrons. The molecule has 2 N–H and O–H groups in total. The summed E-state index contributed by atoms with van der Waals surface area (Å²) >= 11 is 3.13. The van der Waals surface area contributed by atoms with Gasteiger partial charge in [0.1, 0.15) is 0 Å². The minimum atomic E-state index is -0.206. The summed E-state index contributed by atoms with van der Waals surface area (Å²) in [6, 6.07) is 3.30. The summed E-state index contributed by atoms with van der Waals surface area (Å²) in [5.74, 6) is 0.506. The molecule has 1 aliphatic carbocycles. The van der Waals surface area contributed by atoms with E-state index in [2.05, 4.69) is 21.2 Å². The molecule has 0 aliphatic heterocycles. The Labute approximate surface area is 95.8 Å². The van der Waals surface area contributed by atoms with Gasteiger partial charge in [-0.1, -0.05) is 0 Å². The highest BCUT2D eigenvalue weighted by molar-refractivity contribution is 9.10. The zero-order valence-electron chi connectivity index (χ0n) is 8.07. The molecule has 0 spiro atoms. The van der Waals surface area contributed by atoms with Gasteiger partial charge in [0.15, 0.2) is 10.4 Å². The fourth-order valence-corrected chi connectivity index (χ4v) is 1.93. The van der Waals surface area contributed by atoms with E-state index in [4.69, 9.17) is 9.52 Å². The molecular formula is C10H12BrNO3. The zero-order valence-corrected chi connectivity index (χ0v) is 9.66. The van der Waals surface area contributed by atoms with Crippen molar-refractivity contribution in [2.75, 3.05) is 6.54 Å². The quantitative estimate of drug-likeness (QED) is 0.878. The number of carbonyl (C=O) groups is 1. The van der Waals surface area contributed by atoms with Crippen molar-refractivity contribution in [3.63, 3.8) is 0 Å². The summed E-state index contributed by atoms with van der Waals surface area (Å²) in [6.07, 6.45) is 1.38. The van der Waals surface area contributed by atoms with Crippen LogP contribution in [0.2, 0.25) is 0 Å². The van der Waals surface area contributed by atoms with Gasteiger partial charge in [-0.25, -0.2) is 0 Å². The second kappa shape index (κ2) is 4.37. The molecule has 5 heteroatoms. The van der Waals surface area contributed by atoms with Crippen LogP contribution in [0.4, 0.5) is 0 Å². The molecule has 1 saturated carbocycles. The first kappa shape index (κ1) is 10.7. The van der Waals surface area contributed by atoms with Crippen LogP contribution in [0.1, 0.15) is 23.4 Å². The first-order chi connectivity index (χ1) is 7.15. The van der Waals surface area contributed by atoms with Crippen molar-refractivity contribution in [3.8, 4) is 0 Å². The minimum Gasteiger partial charge on any atom is -0.444 e. The molecule has 0 unspecified atom stereocenters. The van der Waals surface area contributed by atoms with Crippen molar-refractivity contribution in [1.82, 2.24) is 5.32 Å². The van der Waals surface area contributed by atoms with Gasteiger partial charge in [-0.05, 0) is 46.8 Å². The van der Waals surface area contributed by atoms with E-state index in [-0.39, 0.29) is 12.0 Å². The summed E-state index contributed by atoms with van der Waals surface area (Å²) in [5.41, 5.74) is 0. The molecule has 0 aromatic carbocycles. The van der Waals surface area contributed by atoms with E-state index in [9.17, 15) is 4.79 Å². The molecule has 1 aromatic rings. The van der Waals surface area contributed by atoms with Gasteiger partial charge in [-0.15, -0.1) is 0 Å². The predicted octanol–water partition coefficient (Wildman–Crippen LogP) is 1.54. The second-order valence-electron chi connectivity index (χ2n) is 3.81. The Kier molecular flexibility index (Phi) is 3.11. The van der Waals surface area contributed by atoms with Gasteiger partial charge >= 0.3 is 0 Å². The highest BCUT2D eigenvalue weighted by Crippen LogP contribution is 2.26. The third-order valence-corrected chi connectivity index (χ3v) is 2.99. The van der Waals surface area contributed by atoms with Gasteiger partial charge in [-0.3, -0.25) is 4.79 Å². The Morgan fingerprint density at radius 3 is 2.87 bits per heavy atom. The number of rotatable bonds is 3. The molecule has 1 fully saturated rings. The maximum absolute atomic E-state index is 11.5. The van der Waals surface area contributed by atoms with Crippen molar-refractivity contribution in [1.29, 1.82) is 0 Å². The fourth-order valence-electron chi connectivity index (χ4n) is 1.63. The lowest BCUT2D eigenvalue weighted by atomic mass is 9.82. The summed E-state index contributed by atoms with van der Waals surface area (Å²) in [7, 11) is 0. The SMILES string of the molecule is O=C(NCC1CC(O)C1)c1ccc(Br)o1. The van der Waals surface area contributed by atoms with E-state index < -0.39 is 0 Å². The Hall–Kier alpha value is -0.810. The maximum atomic E-state index is 11.5. The second-order valence-corrected chi connectivity index (χ2v) is 4.59. The maximum Gasteiger partial charge on any atom is 0.287 e. The molecule has 2 rings (SSSR count). The Balaban J connectivity index is 1.78. The molecule has 0 radical (unpaired) electrons. The number of hydrogen-bond donors (Lipinski definition) is 2. The number of furan rings is 1. The highest BCUT2D eigenvalue weighted by atomic mass is 79.9. The van der Waals surface area contributed by atoms with Gasteiger partial charge in [0.2, 0.25) is 0 Å². The van der Waals surface area contributed by atoms with Crippen LogP contribution >= 0.6 is 15.9 Å². The third kappa shape index (κ3) is 2.60. The molecule has 0 atom stereocenters. The van der Waals surface area contributed by atoms with E-state index in [0.29, 0.717) is 22.9 Å². The number of aliphatic hydroxyl groups is 1. The summed E-state index contributed by atoms with van der Waals surface area (Å²) in [6.45, 7) is 0.605. The van der Waals surface area contributed by atoms with Crippen molar-refractivity contribution >= 4 is 21.8 Å². The van der Waals surface area contributed by atoms with Crippen LogP contribution in [-0.2, 0) is 0 Å². The van der Waals surface area contributed by atoms with Crippen LogP contribution in [0.3, 0.4) is 0 Å². The van der Waals surface area contributed by atoms with Crippen molar-refractivity contribution in [2.24, 2.45) is 5.92 Å². The fraction of sp³-hybridized carbons (Fsp3) is 0.500. The molecule has 1 heterocycles. The number of aliphatic hydroxyl groups excluding tert-OH is 1. The van der Waals surface area contributed by atoms with Crippen LogP contribution in [0.25, 0.3) is 0 Å². The average molecular weight is 274 g/mol. The molecule has 1 aromatic heterocycles. The normalized spacial score (nSPS) is 24.7. The lowest BCUT2D eigenvalue weighted by Gasteiger charge is -2.31. The first-order valence-electron chi connectivity index (χ1n) is 4.87.